The molecule has 0 unspecified atom stereocenters. The van der Waals surface area contributed by atoms with E-state index < -0.39 is 5.82 Å². The van der Waals surface area contributed by atoms with Crippen molar-refractivity contribution in [2.24, 2.45) is 5.92 Å². The molecule has 3 aromatic heterocycles. The van der Waals surface area contributed by atoms with Gasteiger partial charge in [-0.15, -0.1) is 0 Å². The molecule has 0 radical (unpaired) electrons. The molecule has 1 fully saturated rings. The van der Waals surface area contributed by atoms with Crippen molar-refractivity contribution in [3.63, 3.8) is 0 Å². The number of hydrogen-bond acceptors (Lipinski definition) is 7. The van der Waals surface area contributed by atoms with E-state index in [-0.39, 0.29) is 29.8 Å². The van der Waals surface area contributed by atoms with Crippen LogP contribution in [0.4, 0.5) is 15.2 Å². The number of anilines is 2. The molecular formula is C22H17FN4O3S2. The van der Waals surface area contributed by atoms with Crippen LogP contribution in [0, 0.1) is 11.7 Å². The summed E-state index contributed by atoms with van der Waals surface area (Å²) < 4.78 is 20.0. The van der Waals surface area contributed by atoms with Crippen LogP contribution in [-0.4, -0.2) is 21.8 Å². The van der Waals surface area contributed by atoms with E-state index in [1.54, 1.807) is 12.1 Å². The van der Waals surface area contributed by atoms with Gasteiger partial charge >= 0.3 is 0 Å². The minimum atomic E-state index is -0.557. The van der Waals surface area contributed by atoms with Gasteiger partial charge in [0.1, 0.15) is 21.9 Å². The van der Waals surface area contributed by atoms with E-state index in [9.17, 15) is 14.0 Å². The Morgan fingerprint density at radius 2 is 2.00 bits per heavy atom. The molecule has 0 spiro atoms. The molecule has 2 amide bonds. The summed E-state index contributed by atoms with van der Waals surface area (Å²) in [6.45, 7) is 0. The van der Waals surface area contributed by atoms with Gasteiger partial charge in [-0.05, 0) is 53.4 Å². The average molecular weight is 469 g/mol. The highest BCUT2D eigenvalue weighted by Crippen LogP contribution is 2.33. The number of hydrogen-bond donors (Lipinski definition) is 2. The number of ether oxygens (including phenoxy) is 1. The van der Waals surface area contributed by atoms with Gasteiger partial charge in [-0.2, -0.15) is 11.3 Å². The summed E-state index contributed by atoms with van der Waals surface area (Å²) in [6, 6.07) is 9.35. The molecular weight excluding hydrogens is 451 g/mol. The van der Waals surface area contributed by atoms with Gasteiger partial charge < -0.3 is 15.4 Å². The molecule has 1 aliphatic rings. The Hall–Kier alpha value is -3.37. The summed E-state index contributed by atoms with van der Waals surface area (Å²) in [5.41, 5.74) is 1.55. The van der Waals surface area contributed by atoms with Gasteiger partial charge in [0, 0.05) is 18.1 Å². The van der Waals surface area contributed by atoms with Gasteiger partial charge in [0.15, 0.2) is 5.13 Å². The molecule has 1 aromatic carbocycles. The van der Waals surface area contributed by atoms with Gasteiger partial charge in [-0.25, -0.2) is 14.4 Å². The van der Waals surface area contributed by atoms with E-state index in [1.165, 1.54) is 40.9 Å². The molecule has 4 aromatic rings. The first-order chi connectivity index (χ1) is 15.5. The van der Waals surface area contributed by atoms with Crippen LogP contribution in [0.25, 0.3) is 10.3 Å². The predicted octanol–water partition coefficient (Wildman–Crippen LogP) is 5.21. The van der Waals surface area contributed by atoms with Crippen LogP contribution in [0.3, 0.4) is 0 Å². The molecule has 1 saturated carbocycles. The van der Waals surface area contributed by atoms with Gasteiger partial charge in [-0.1, -0.05) is 11.3 Å². The molecule has 32 heavy (non-hydrogen) atoms. The molecule has 162 valence electrons. The van der Waals surface area contributed by atoms with Gasteiger partial charge in [-0.3, -0.25) is 9.59 Å². The second kappa shape index (κ2) is 8.64. The number of thiophene rings is 1. The van der Waals surface area contributed by atoms with E-state index in [0.29, 0.717) is 27.1 Å². The van der Waals surface area contributed by atoms with Crippen LogP contribution >= 0.6 is 22.7 Å². The first-order valence-electron chi connectivity index (χ1n) is 9.90. The summed E-state index contributed by atoms with van der Waals surface area (Å²) >= 11 is 2.76. The van der Waals surface area contributed by atoms with E-state index in [2.05, 4.69) is 20.6 Å². The third-order valence-corrected chi connectivity index (χ3v) is 6.40. The number of amides is 2. The van der Waals surface area contributed by atoms with Crippen LogP contribution < -0.4 is 15.4 Å². The maximum absolute atomic E-state index is 14.2. The van der Waals surface area contributed by atoms with Crippen LogP contribution in [0.2, 0.25) is 0 Å². The lowest BCUT2D eigenvalue weighted by Crippen LogP contribution is -2.15. The Kier molecular flexibility index (Phi) is 5.54. The molecule has 1 aliphatic carbocycles. The fourth-order valence-electron chi connectivity index (χ4n) is 3.02. The Morgan fingerprint density at radius 3 is 2.78 bits per heavy atom. The second-order valence-electron chi connectivity index (χ2n) is 7.36. The van der Waals surface area contributed by atoms with E-state index in [4.69, 9.17) is 4.74 Å². The number of nitrogens with zero attached hydrogens (tertiary/aromatic N) is 2. The van der Waals surface area contributed by atoms with Gasteiger partial charge in [0.2, 0.25) is 17.7 Å². The smallest absolute Gasteiger partial charge is 0.229 e. The normalized spacial score (nSPS) is 13.2. The third kappa shape index (κ3) is 4.76. The first kappa shape index (κ1) is 20.5. The molecule has 0 atom stereocenters. The zero-order valence-corrected chi connectivity index (χ0v) is 18.3. The van der Waals surface area contributed by atoms with E-state index in [1.807, 2.05) is 16.8 Å². The lowest BCUT2D eigenvalue weighted by Gasteiger charge is -2.09. The second-order valence-corrected chi connectivity index (χ2v) is 9.11. The van der Waals surface area contributed by atoms with Crippen molar-refractivity contribution in [3.05, 3.63) is 58.5 Å². The summed E-state index contributed by atoms with van der Waals surface area (Å²) in [6.07, 6.45) is 2.00. The quantitative estimate of drug-likeness (QED) is 0.388. The summed E-state index contributed by atoms with van der Waals surface area (Å²) in [5.74, 6) is -0.172. The molecule has 2 N–H and O–H groups in total. The van der Waals surface area contributed by atoms with Crippen molar-refractivity contribution in [2.45, 2.75) is 19.3 Å². The first-order valence-corrected chi connectivity index (χ1v) is 11.7. The van der Waals surface area contributed by atoms with Crippen LogP contribution in [0.5, 0.6) is 11.6 Å². The van der Waals surface area contributed by atoms with Crippen molar-refractivity contribution in [1.82, 2.24) is 9.97 Å². The fraction of sp³-hybridized carbons (Fsp3) is 0.182. The van der Waals surface area contributed by atoms with Crippen LogP contribution in [0.1, 0.15) is 18.4 Å². The van der Waals surface area contributed by atoms with E-state index in [0.717, 1.165) is 18.4 Å². The Bertz CT molecular complexity index is 1300. The number of aromatic nitrogens is 2. The van der Waals surface area contributed by atoms with Crippen molar-refractivity contribution in [3.8, 4) is 11.6 Å². The minimum absolute atomic E-state index is 0.0135. The average Bonchev–Trinajstić information content (AvgIpc) is 3.36. The molecule has 5 rings (SSSR count). The maximum Gasteiger partial charge on any atom is 0.229 e. The fourth-order valence-corrected chi connectivity index (χ4v) is 4.52. The number of carbonyl (C=O) groups is 2. The molecule has 10 heteroatoms. The number of thiazole rings is 1. The number of nitrogens with one attached hydrogen (secondary N) is 2. The lowest BCUT2D eigenvalue weighted by atomic mass is 10.2. The highest BCUT2D eigenvalue weighted by Gasteiger charge is 2.30. The highest BCUT2D eigenvalue weighted by atomic mass is 32.1. The zero-order valence-electron chi connectivity index (χ0n) is 16.6. The SMILES string of the molecule is O=C(Cc1ccsc1)Nc1cc(Oc2ccc3nc(NC(=O)C4CC4)sc3n2)ccc1F. The topological polar surface area (TPSA) is 93.2 Å². The molecule has 7 nitrogen and oxygen atoms in total. The van der Waals surface area contributed by atoms with Gasteiger partial charge in [0.25, 0.3) is 0 Å². The van der Waals surface area contributed by atoms with Gasteiger partial charge in [0.05, 0.1) is 12.1 Å². The predicted molar refractivity (Wildman–Crippen MR) is 122 cm³/mol. The highest BCUT2D eigenvalue weighted by molar-refractivity contribution is 7.22. The molecule has 0 saturated heterocycles. The number of rotatable bonds is 7. The number of pyridine rings is 1. The van der Waals surface area contributed by atoms with Crippen LogP contribution in [-0.2, 0) is 16.0 Å². The molecule has 0 aliphatic heterocycles. The van der Waals surface area contributed by atoms with Crippen molar-refractivity contribution >= 4 is 55.7 Å². The number of fused-ring (bicyclic) bond motifs is 1. The van der Waals surface area contributed by atoms with Crippen molar-refractivity contribution in [2.75, 3.05) is 10.6 Å². The third-order valence-electron chi connectivity index (χ3n) is 4.79. The zero-order chi connectivity index (χ0) is 22.1. The summed E-state index contributed by atoms with van der Waals surface area (Å²) in [7, 11) is 0. The largest absolute Gasteiger partial charge is 0.439 e. The molecule has 3 heterocycles. The molecule has 0 bridgehead atoms. The Labute approximate surface area is 190 Å². The summed E-state index contributed by atoms with van der Waals surface area (Å²) in [5, 5.41) is 9.66. The van der Waals surface area contributed by atoms with Crippen molar-refractivity contribution < 1.29 is 18.7 Å². The van der Waals surface area contributed by atoms with E-state index >= 15 is 0 Å². The monoisotopic (exact) mass is 468 g/mol. The Balaban J connectivity index is 1.29. The lowest BCUT2D eigenvalue weighted by molar-refractivity contribution is -0.117. The minimum Gasteiger partial charge on any atom is -0.439 e. The number of halogens is 1. The number of carbonyl (C=O) groups excluding carboxylic acids is 2. The Morgan fingerprint density at radius 1 is 1.12 bits per heavy atom. The standard InChI is InChI=1S/C22H17FN4O3S2/c23-15-4-3-14(10-17(15)24-18(28)9-12-7-8-31-11-12)30-19-6-5-16-21(26-19)32-22(25-16)27-20(29)13-1-2-13/h3-8,10-11,13H,1-2,9H2,(H,24,28)(H,25,27,29). The summed E-state index contributed by atoms with van der Waals surface area (Å²) in [4.78, 5) is 33.6. The number of benzene rings is 1. The van der Waals surface area contributed by atoms with Crippen LogP contribution in [0.15, 0.2) is 47.2 Å². The maximum atomic E-state index is 14.2. The van der Waals surface area contributed by atoms with Crippen molar-refractivity contribution in [1.29, 1.82) is 0 Å².